The van der Waals surface area contributed by atoms with E-state index >= 15 is 0 Å². The molecule has 1 aromatic carbocycles. The van der Waals surface area contributed by atoms with E-state index in [1.165, 1.54) is 18.9 Å². The molecule has 3 rings (SSSR count). The Morgan fingerprint density at radius 2 is 2.15 bits per heavy atom. The van der Waals surface area contributed by atoms with Gasteiger partial charge in [-0.1, -0.05) is 17.7 Å². The third-order valence-corrected chi connectivity index (χ3v) is 4.63. The van der Waals surface area contributed by atoms with Crippen LogP contribution in [0.3, 0.4) is 0 Å². The first-order chi connectivity index (χ1) is 9.63. The fourth-order valence-corrected chi connectivity index (χ4v) is 3.49. The van der Waals surface area contributed by atoms with Gasteiger partial charge in [0.25, 0.3) is 5.69 Å². The summed E-state index contributed by atoms with van der Waals surface area (Å²) in [5.41, 5.74) is 0.761. The van der Waals surface area contributed by atoms with Crippen LogP contribution >= 0.6 is 11.6 Å². The topological polar surface area (TPSA) is 58.4 Å². The first kappa shape index (κ1) is 13.8. The number of benzene rings is 1. The van der Waals surface area contributed by atoms with Gasteiger partial charge in [0.1, 0.15) is 0 Å². The maximum absolute atomic E-state index is 11.1. The number of hydrogen-bond donors (Lipinski definition) is 1. The third-order valence-electron chi connectivity index (χ3n) is 4.28. The Morgan fingerprint density at radius 3 is 2.95 bits per heavy atom. The number of nitro groups is 1. The molecule has 0 radical (unpaired) electrons. The largest absolute Gasteiger partial charge is 0.310 e. The maximum atomic E-state index is 11.1. The number of rotatable bonds is 3. The lowest BCUT2D eigenvalue weighted by Gasteiger charge is -2.24. The zero-order valence-corrected chi connectivity index (χ0v) is 12.0. The van der Waals surface area contributed by atoms with E-state index in [4.69, 9.17) is 11.6 Å². The second-order valence-corrected chi connectivity index (χ2v) is 6.06. The Balaban J connectivity index is 1.79. The van der Waals surface area contributed by atoms with Crippen LogP contribution in [0.1, 0.15) is 24.8 Å². The van der Waals surface area contributed by atoms with Crippen LogP contribution in [-0.4, -0.2) is 35.0 Å². The molecule has 1 N–H and O–H groups in total. The summed E-state index contributed by atoms with van der Waals surface area (Å²) in [5, 5.41) is 15.2. The van der Waals surface area contributed by atoms with Gasteiger partial charge in [-0.15, -0.1) is 0 Å². The van der Waals surface area contributed by atoms with Gasteiger partial charge in [-0.2, -0.15) is 0 Å². The maximum Gasteiger partial charge on any atom is 0.275 e. The van der Waals surface area contributed by atoms with Gasteiger partial charge in [0.15, 0.2) is 0 Å². The third kappa shape index (κ3) is 2.80. The highest BCUT2D eigenvalue weighted by molar-refractivity contribution is 6.31. The smallest absolute Gasteiger partial charge is 0.275 e. The second-order valence-electron chi connectivity index (χ2n) is 5.66. The number of nitrogens with one attached hydrogen (secondary N) is 1. The van der Waals surface area contributed by atoms with Crippen molar-refractivity contribution in [2.75, 3.05) is 13.1 Å². The van der Waals surface area contributed by atoms with Crippen molar-refractivity contribution < 1.29 is 4.92 Å². The molecule has 2 aliphatic rings. The lowest BCUT2D eigenvalue weighted by Crippen LogP contribution is -2.35. The minimum Gasteiger partial charge on any atom is -0.310 e. The van der Waals surface area contributed by atoms with Crippen molar-refractivity contribution in [2.45, 2.75) is 37.9 Å². The minimum absolute atomic E-state index is 0.125. The first-order valence-electron chi connectivity index (χ1n) is 7.03. The summed E-state index contributed by atoms with van der Waals surface area (Å²) >= 11 is 6.17. The van der Waals surface area contributed by atoms with Gasteiger partial charge in [-0.25, -0.2) is 0 Å². The van der Waals surface area contributed by atoms with Crippen molar-refractivity contribution >= 4 is 17.3 Å². The normalized spacial score (nSPS) is 26.4. The number of nitrogens with zero attached hydrogens (tertiary/aromatic N) is 2. The Hall–Kier alpha value is -1.17. The van der Waals surface area contributed by atoms with Crippen LogP contribution in [0.25, 0.3) is 0 Å². The molecule has 0 aliphatic carbocycles. The average molecular weight is 296 g/mol. The molecule has 2 saturated heterocycles. The molecule has 2 fully saturated rings. The number of fused-ring (bicyclic) bond motifs is 2. The van der Waals surface area contributed by atoms with E-state index in [0.29, 0.717) is 29.2 Å². The molecule has 2 bridgehead atoms. The fourth-order valence-electron chi connectivity index (χ4n) is 3.26. The first-order valence-corrected chi connectivity index (χ1v) is 7.41. The molecule has 0 aromatic heterocycles. The van der Waals surface area contributed by atoms with Gasteiger partial charge in [0, 0.05) is 37.8 Å². The molecule has 2 heterocycles. The van der Waals surface area contributed by atoms with E-state index in [0.717, 1.165) is 19.5 Å². The number of halogens is 1. The highest BCUT2D eigenvalue weighted by atomic mass is 35.5. The molecule has 0 amide bonds. The molecule has 2 atom stereocenters. The minimum atomic E-state index is -0.344. The molecule has 108 valence electrons. The molecule has 0 spiro atoms. The summed E-state index contributed by atoms with van der Waals surface area (Å²) in [6.45, 7) is 2.47. The van der Waals surface area contributed by atoms with Crippen molar-refractivity contribution in [3.05, 3.63) is 38.9 Å². The van der Waals surface area contributed by atoms with Gasteiger partial charge in [-0.3, -0.25) is 15.0 Å². The standard InChI is InChI=1S/C14H18ClN3O2/c15-13-2-1-3-14(18(19)20)12(13)9-17-7-6-10-4-5-11(8-17)16-10/h1-3,10-11,16H,4-9H2. The van der Waals surface area contributed by atoms with E-state index in [-0.39, 0.29) is 10.6 Å². The predicted molar refractivity (Wildman–Crippen MR) is 77.9 cm³/mol. The van der Waals surface area contributed by atoms with Crippen LogP contribution in [0.5, 0.6) is 0 Å². The highest BCUT2D eigenvalue weighted by Crippen LogP contribution is 2.29. The van der Waals surface area contributed by atoms with Crippen LogP contribution in [0.15, 0.2) is 18.2 Å². The molecule has 20 heavy (non-hydrogen) atoms. The van der Waals surface area contributed by atoms with Gasteiger partial charge in [0.05, 0.1) is 15.5 Å². The SMILES string of the molecule is O=[N+]([O-])c1cccc(Cl)c1CN1CCC2CCC(C1)N2. The summed E-state index contributed by atoms with van der Waals surface area (Å²) in [6.07, 6.45) is 3.56. The molecule has 0 saturated carbocycles. The molecule has 2 unspecified atom stereocenters. The van der Waals surface area contributed by atoms with Crippen LogP contribution in [-0.2, 0) is 6.54 Å². The number of hydrogen-bond acceptors (Lipinski definition) is 4. The monoisotopic (exact) mass is 295 g/mol. The van der Waals surface area contributed by atoms with Crippen molar-refractivity contribution in [3.63, 3.8) is 0 Å². The van der Waals surface area contributed by atoms with Gasteiger partial charge < -0.3 is 5.32 Å². The Morgan fingerprint density at radius 1 is 1.35 bits per heavy atom. The van der Waals surface area contributed by atoms with Gasteiger partial charge in [-0.05, 0) is 25.3 Å². The Kier molecular flexibility index (Phi) is 3.92. The van der Waals surface area contributed by atoms with E-state index in [1.807, 2.05) is 0 Å². The number of nitro benzene ring substituents is 1. The van der Waals surface area contributed by atoms with Crippen molar-refractivity contribution in [1.82, 2.24) is 10.2 Å². The molecule has 6 heteroatoms. The predicted octanol–water partition coefficient (Wildman–Crippen LogP) is 2.57. The van der Waals surface area contributed by atoms with Crippen molar-refractivity contribution in [3.8, 4) is 0 Å². The Labute approximate surface area is 123 Å². The zero-order chi connectivity index (χ0) is 14.1. The summed E-state index contributed by atoms with van der Waals surface area (Å²) in [6, 6.07) is 6.03. The quantitative estimate of drug-likeness (QED) is 0.688. The summed E-state index contributed by atoms with van der Waals surface area (Å²) < 4.78 is 0. The van der Waals surface area contributed by atoms with E-state index in [9.17, 15) is 10.1 Å². The van der Waals surface area contributed by atoms with Crippen molar-refractivity contribution in [1.29, 1.82) is 0 Å². The molecule has 2 aliphatic heterocycles. The summed E-state index contributed by atoms with van der Waals surface area (Å²) in [7, 11) is 0. The summed E-state index contributed by atoms with van der Waals surface area (Å²) in [5.74, 6) is 0. The van der Waals surface area contributed by atoms with Crippen LogP contribution in [0.4, 0.5) is 5.69 Å². The molecule has 5 nitrogen and oxygen atoms in total. The van der Waals surface area contributed by atoms with Crippen LogP contribution in [0.2, 0.25) is 5.02 Å². The number of likely N-dealkylation sites (tertiary alicyclic amines) is 1. The molecular formula is C14H18ClN3O2. The molecule has 1 aromatic rings. The highest BCUT2D eigenvalue weighted by Gasteiger charge is 2.30. The second kappa shape index (κ2) is 5.68. The van der Waals surface area contributed by atoms with Crippen molar-refractivity contribution in [2.24, 2.45) is 0 Å². The van der Waals surface area contributed by atoms with E-state index in [1.54, 1.807) is 12.1 Å². The van der Waals surface area contributed by atoms with Crippen LogP contribution < -0.4 is 5.32 Å². The van der Waals surface area contributed by atoms with E-state index < -0.39 is 0 Å². The zero-order valence-electron chi connectivity index (χ0n) is 11.2. The average Bonchev–Trinajstić information content (AvgIpc) is 2.74. The molecular weight excluding hydrogens is 278 g/mol. The van der Waals surface area contributed by atoms with Gasteiger partial charge >= 0.3 is 0 Å². The summed E-state index contributed by atoms with van der Waals surface area (Å²) in [4.78, 5) is 13.1. The van der Waals surface area contributed by atoms with Crippen LogP contribution in [0, 0.1) is 10.1 Å². The van der Waals surface area contributed by atoms with E-state index in [2.05, 4.69) is 10.2 Å². The van der Waals surface area contributed by atoms with Gasteiger partial charge in [0.2, 0.25) is 0 Å². The Bertz CT molecular complexity index is 523. The lowest BCUT2D eigenvalue weighted by molar-refractivity contribution is -0.385. The fraction of sp³-hybridized carbons (Fsp3) is 0.571. The lowest BCUT2D eigenvalue weighted by atomic mass is 10.1.